The van der Waals surface area contributed by atoms with E-state index in [0.717, 1.165) is 3.57 Å². The molecule has 3 rings (SSSR count). The number of carbonyl (C=O) groups excluding carboxylic acids is 1. The van der Waals surface area contributed by atoms with Crippen LogP contribution in [0.2, 0.25) is 0 Å². The zero-order chi connectivity index (χ0) is 21.8. The van der Waals surface area contributed by atoms with Gasteiger partial charge in [0.2, 0.25) is 0 Å². The van der Waals surface area contributed by atoms with Crippen LogP contribution in [0.25, 0.3) is 10.9 Å². The molecule has 0 aliphatic rings. The number of aliphatic hydroxyl groups is 2. The summed E-state index contributed by atoms with van der Waals surface area (Å²) in [5.74, 6) is -0.699. The number of hydrogen-bond donors (Lipinski definition) is 4. The second kappa shape index (κ2) is 9.55. The molecule has 2 aromatic heterocycles. The first-order chi connectivity index (χ1) is 14.4. The van der Waals surface area contributed by atoms with Crippen LogP contribution in [0.4, 0.5) is 15.8 Å². The average Bonchev–Trinajstić information content (AvgIpc) is 3.01. The summed E-state index contributed by atoms with van der Waals surface area (Å²) in [5.41, 5.74) is 3.41. The molecular formula is C19H20FIN4O5. The number of pyridine rings is 1. The topological polar surface area (TPSA) is 118 Å². The van der Waals surface area contributed by atoms with Crippen molar-refractivity contribution in [1.82, 2.24) is 15.0 Å². The number of nitrogens with zero attached hydrogens (tertiary/aromatic N) is 2. The van der Waals surface area contributed by atoms with Crippen LogP contribution < -0.4 is 15.5 Å². The van der Waals surface area contributed by atoms with Crippen LogP contribution in [-0.4, -0.2) is 52.1 Å². The average molecular weight is 530 g/mol. The largest absolute Gasteiger partial charge is 0.493 e. The van der Waals surface area contributed by atoms with Crippen LogP contribution in [0.1, 0.15) is 10.5 Å². The lowest BCUT2D eigenvalue weighted by Crippen LogP contribution is -2.31. The maximum absolute atomic E-state index is 14.5. The molecule has 0 fully saturated rings. The van der Waals surface area contributed by atoms with Crippen LogP contribution in [-0.2, 0) is 11.9 Å². The highest BCUT2D eigenvalue weighted by molar-refractivity contribution is 14.1. The molecular weight excluding hydrogens is 510 g/mol. The standard InChI is InChI=1S/C19H20FIN4O5/c1-25-17-12(6-22-7-15(17)29-2)16(23-14-4-3-10(21)5-13(14)20)18(25)19(28)24-30-9-11(27)8-26/h3-7,11,23,26-27H,8-9H2,1-2H3,(H,24,28)/t11-/m1/s1. The van der Waals surface area contributed by atoms with Gasteiger partial charge in [-0.2, -0.15) is 0 Å². The number of aromatic nitrogens is 2. The summed E-state index contributed by atoms with van der Waals surface area (Å²) in [7, 11) is 3.13. The molecule has 0 saturated carbocycles. The summed E-state index contributed by atoms with van der Waals surface area (Å²) in [6.07, 6.45) is 1.91. The van der Waals surface area contributed by atoms with Crippen molar-refractivity contribution in [3.8, 4) is 5.75 Å². The highest BCUT2D eigenvalue weighted by atomic mass is 127. The lowest BCUT2D eigenvalue weighted by molar-refractivity contribution is -0.0297. The Morgan fingerprint density at radius 1 is 1.40 bits per heavy atom. The van der Waals surface area contributed by atoms with Crippen molar-refractivity contribution in [1.29, 1.82) is 0 Å². The molecule has 30 heavy (non-hydrogen) atoms. The maximum Gasteiger partial charge on any atom is 0.293 e. The number of halogens is 2. The quantitative estimate of drug-likeness (QED) is 0.260. The molecule has 1 aromatic carbocycles. The molecule has 0 aliphatic heterocycles. The molecule has 0 bridgehead atoms. The van der Waals surface area contributed by atoms with E-state index in [2.05, 4.69) is 15.8 Å². The van der Waals surface area contributed by atoms with Gasteiger partial charge in [-0.05, 0) is 40.8 Å². The fourth-order valence-electron chi connectivity index (χ4n) is 2.94. The molecule has 9 nitrogen and oxygen atoms in total. The molecule has 1 amide bonds. The van der Waals surface area contributed by atoms with Gasteiger partial charge in [-0.1, -0.05) is 0 Å². The smallest absolute Gasteiger partial charge is 0.293 e. The highest BCUT2D eigenvalue weighted by Crippen LogP contribution is 2.37. The van der Waals surface area contributed by atoms with Crippen molar-refractivity contribution in [3.63, 3.8) is 0 Å². The lowest BCUT2D eigenvalue weighted by atomic mass is 10.2. The zero-order valence-electron chi connectivity index (χ0n) is 16.1. The van der Waals surface area contributed by atoms with Gasteiger partial charge in [0, 0.05) is 22.2 Å². The second-order valence-electron chi connectivity index (χ2n) is 6.35. The SMILES string of the molecule is COc1cncc2c(Nc3ccc(I)cc3F)c(C(=O)NOC[C@H](O)CO)n(C)c12. The number of fused-ring (bicyclic) bond motifs is 1. The van der Waals surface area contributed by atoms with Gasteiger partial charge in [0.25, 0.3) is 5.91 Å². The Kier molecular flexibility index (Phi) is 7.07. The molecule has 1 atom stereocenters. The van der Waals surface area contributed by atoms with Crippen molar-refractivity contribution in [2.24, 2.45) is 7.05 Å². The summed E-state index contributed by atoms with van der Waals surface area (Å²) in [4.78, 5) is 22.0. The summed E-state index contributed by atoms with van der Waals surface area (Å²) in [6, 6.07) is 4.67. The summed E-state index contributed by atoms with van der Waals surface area (Å²) >= 11 is 2.00. The monoisotopic (exact) mass is 530 g/mol. The van der Waals surface area contributed by atoms with Crippen LogP contribution in [0, 0.1) is 9.39 Å². The van der Waals surface area contributed by atoms with E-state index in [9.17, 15) is 14.3 Å². The van der Waals surface area contributed by atoms with Crippen LogP contribution in [0.15, 0.2) is 30.6 Å². The number of aliphatic hydroxyl groups excluding tert-OH is 2. The van der Waals surface area contributed by atoms with Gasteiger partial charge in [0.1, 0.15) is 24.2 Å². The van der Waals surface area contributed by atoms with E-state index in [1.807, 2.05) is 22.6 Å². The number of benzene rings is 1. The van der Waals surface area contributed by atoms with Crippen molar-refractivity contribution >= 4 is 50.8 Å². The minimum Gasteiger partial charge on any atom is -0.493 e. The van der Waals surface area contributed by atoms with E-state index < -0.39 is 24.4 Å². The normalized spacial score (nSPS) is 12.1. The number of anilines is 2. The first-order valence-corrected chi connectivity index (χ1v) is 9.88. The van der Waals surface area contributed by atoms with E-state index in [1.54, 1.807) is 23.7 Å². The number of nitrogens with one attached hydrogen (secondary N) is 2. The fourth-order valence-corrected chi connectivity index (χ4v) is 3.40. The van der Waals surface area contributed by atoms with Crippen LogP contribution in [0.3, 0.4) is 0 Å². The van der Waals surface area contributed by atoms with Crippen LogP contribution in [0.5, 0.6) is 5.75 Å². The van der Waals surface area contributed by atoms with E-state index in [0.29, 0.717) is 22.3 Å². The van der Waals surface area contributed by atoms with Gasteiger partial charge in [0.05, 0.1) is 36.8 Å². The van der Waals surface area contributed by atoms with Gasteiger partial charge in [-0.15, -0.1) is 0 Å². The number of carbonyl (C=O) groups is 1. The van der Waals surface area contributed by atoms with Gasteiger partial charge in [-0.25, -0.2) is 9.87 Å². The third kappa shape index (κ3) is 4.48. The predicted octanol–water partition coefficient (Wildman–Crippen LogP) is 2.08. The number of ether oxygens (including phenoxy) is 1. The molecule has 0 radical (unpaired) electrons. The number of amides is 1. The number of rotatable bonds is 8. The summed E-state index contributed by atoms with van der Waals surface area (Å²) < 4.78 is 22.1. The lowest BCUT2D eigenvalue weighted by Gasteiger charge is -2.12. The minimum absolute atomic E-state index is 0.132. The third-order valence-corrected chi connectivity index (χ3v) is 5.01. The molecule has 0 unspecified atom stereocenters. The highest BCUT2D eigenvalue weighted by Gasteiger charge is 2.25. The van der Waals surface area contributed by atoms with E-state index >= 15 is 0 Å². The summed E-state index contributed by atoms with van der Waals surface area (Å²) in [5, 5.41) is 21.7. The van der Waals surface area contributed by atoms with Gasteiger partial charge < -0.3 is 24.8 Å². The third-order valence-electron chi connectivity index (χ3n) is 4.34. The first-order valence-electron chi connectivity index (χ1n) is 8.80. The molecule has 11 heteroatoms. The molecule has 4 N–H and O–H groups in total. The van der Waals surface area contributed by atoms with Gasteiger partial charge in [-0.3, -0.25) is 14.6 Å². The molecule has 0 aliphatic carbocycles. The number of hydrogen-bond acceptors (Lipinski definition) is 7. The molecule has 0 saturated heterocycles. The van der Waals surface area contributed by atoms with Crippen molar-refractivity contribution in [2.75, 3.05) is 25.6 Å². The first kappa shape index (κ1) is 22.2. The minimum atomic E-state index is -1.14. The number of aryl methyl sites for hydroxylation is 1. The van der Waals surface area contributed by atoms with E-state index in [4.69, 9.17) is 14.7 Å². The number of methoxy groups -OCH3 is 1. The van der Waals surface area contributed by atoms with Crippen molar-refractivity contribution in [3.05, 3.63) is 45.7 Å². The Hall–Kier alpha value is -2.48. The van der Waals surface area contributed by atoms with Gasteiger partial charge >= 0.3 is 0 Å². The van der Waals surface area contributed by atoms with E-state index in [1.165, 1.54) is 25.6 Å². The van der Waals surface area contributed by atoms with Crippen molar-refractivity contribution in [2.45, 2.75) is 6.10 Å². The van der Waals surface area contributed by atoms with E-state index in [-0.39, 0.29) is 18.0 Å². The zero-order valence-corrected chi connectivity index (χ0v) is 18.3. The maximum atomic E-state index is 14.5. The fraction of sp³-hybridized carbons (Fsp3) is 0.263. The number of hydroxylamine groups is 1. The Bertz CT molecular complexity index is 1070. The Balaban J connectivity index is 2.06. The van der Waals surface area contributed by atoms with Crippen LogP contribution >= 0.6 is 22.6 Å². The van der Waals surface area contributed by atoms with Crippen molar-refractivity contribution < 1.29 is 29.0 Å². The molecule has 160 valence electrons. The summed E-state index contributed by atoms with van der Waals surface area (Å²) in [6.45, 7) is -0.808. The molecule has 0 spiro atoms. The molecule has 2 heterocycles. The Morgan fingerprint density at radius 2 is 2.17 bits per heavy atom. The van der Waals surface area contributed by atoms with Gasteiger partial charge in [0.15, 0.2) is 5.75 Å². The predicted molar refractivity (Wildman–Crippen MR) is 116 cm³/mol. The Labute approximate surface area is 184 Å². The molecule has 3 aromatic rings. The second-order valence-corrected chi connectivity index (χ2v) is 7.59. The Morgan fingerprint density at radius 3 is 2.83 bits per heavy atom.